The smallest absolute Gasteiger partial charge is 0.289 e. The van der Waals surface area contributed by atoms with Crippen LogP contribution in [0.15, 0.2) is 52.3 Å². The number of amides is 1. The summed E-state index contributed by atoms with van der Waals surface area (Å²) in [6, 6.07) is 7.65. The van der Waals surface area contributed by atoms with Crippen LogP contribution in [0.3, 0.4) is 0 Å². The van der Waals surface area contributed by atoms with Crippen molar-refractivity contribution in [2.45, 2.75) is 13.0 Å². The van der Waals surface area contributed by atoms with E-state index >= 15 is 0 Å². The number of nitrogens with zero attached hydrogens (tertiary/aromatic N) is 2. The summed E-state index contributed by atoms with van der Waals surface area (Å²) in [5, 5.41) is 10.1. The molecule has 0 aromatic carbocycles. The average molecular weight is 298 g/mol. The molecule has 1 N–H and O–H groups in total. The number of carbonyl (C=O) groups is 2. The second kappa shape index (κ2) is 5.14. The number of aliphatic hydroxyl groups is 1. The van der Waals surface area contributed by atoms with Gasteiger partial charge < -0.3 is 14.4 Å². The summed E-state index contributed by atoms with van der Waals surface area (Å²) in [5.41, 5.74) is 0.495. The molecule has 1 atom stereocenters. The Balaban J connectivity index is 2.09. The fourth-order valence-electron chi connectivity index (χ4n) is 2.53. The van der Waals surface area contributed by atoms with Gasteiger partial charge in [0.1, 0.15) is 11.8 Å². The fourth-order valence-corrected chi connectivity index (χ4v) is 2.53. The molecule has 0 spiro atoms. The predicted octanol–water partition coefficient (Wildman–Crippen LogP) is 2.19. The van der Waals surface area contributed by atoms with Gasteiger partial charge in [-0.05, 0) is 31.2 Å². The normalized spacial score (nSPS) is 18.2. The van der Waals surface area contributed by atoms with E-state index in [9.17, 15) is 14.7 Å². The summed E-state index contributed by atoms with van der Waals surface area (Å²) in [7, 11) is 1.52. The van der Waals surface area contributed by atoms with Crippen LogP contribution < -0.4 is 0 Å². The molecule has 6 heteroatoms. The Bertz CT molecular complexity index is 776. The van der Waals surface area contributed by atoms with Gasteiger partial charge in [-0.15, -0.1) is 0 Å². The summed E-state index contributed by atoms with van der Waals surface area (Å²) in [6.07, 6.45) is 1.57. The third kappa shape index (κ3) is 2.09. The Hall–Kier alpha value is -2.89. The monoisotopic (exact) mass is 298 g/mol. The number of likely N-dealkylation sites (N-methyl/N-ethyl adjacent to an activating group) is 1. The maximum Gasteiger partial charge on any atom is 0.289 e. The Kier molecular flexibility index (Phi) is 3.29. The van der Waals surface area contributed by atoms with Crippen molar-refractivity contribution in [3.63, 3.8) is 0 Å². The van der Waals surface area contributed by atoms with Crippen LogP contribution in [0.4, 0.5) is 0 Å². The van der Waals surface area contributed by atoms with Crippen LogP contribution >= 0.6 is 0 Å². The topological polar surface area (TPSA) is 83.6 Å². The lowest BCUT2D eigenvalue weighted by atomic mass is 9.99. The summed E-state index contributed by atoms with van der Waals surface area (Å²) in [5.74, 6) is -1.02. The van der Waals surface area contributed by atoms with Gasteiger partial charge in [-0.3, -0.25) is 14.6 Å². The summed E-state index contributed by atoms with van der Waals surface area (Å²) >= 11 is 0. The maximum atomic E-state index is 12.6. The number of aromatic nitrogens is 1. The molecule has 1 aliphatic heterocycles. The molecular weight excluding hydrogens is 284 g/mol. The molecule has 0 saturated carbocycles. The number of aryl methyl sites for hydroxylation is 1. The molecular formula is C16H14N2O4. The van der Waals surface area contributed by atoms with Crippen molar-refractivity contribution in [3.05, 3.63) is 65.1 Å². The van der Waals surface area contributed by atoms with Crippen LogP contribution in [0, 0.1) is 6.92 Å². The van der Waals surface area contributed by atoms with Crippen LogP contribution in [0.2, 0.25) is 0 Å². The summed E-state index contributed by atoms with van der Waals surface area (Å²) < 4.78 is 5.32. The second-order valence-corrected chi connectivity index (χ2v) is 5.07. The Morgan fingerprint density at radius 2 is 2.09 bits per heavy atom. The molecule has 112 valence electrons. The van der Waals surface area contributed by atoms with Crippen molar-refractivity contribution < 1.29 is 19.1 Å². The van der Waals surface area contributed by atoms with Gasteiger partial charge in [0, 0.05) is 13.2 Å². The average Bonchev–Trinajstić information content (AvgIpc) is 3.05. The number of furan rings is 1. The molecule has 1 amide bonds. The minimum absolute atomic E-state index is 0.0134. The van der Waals surface area contributed by atoms with Crippen molar-refractivity contribution in [2.24, 2.45) is 0 Å². The zero-order valence-corrected chi connectivity index (χ0v) is 12.1. The molecule has 0 bridgehead atoms. The van der Waals surface area contributed by atoms with E-state index in [2.05, 4.69) is 4.98 Å². The van der Waals surface area contributed by atoms with E-state index in [1.807, 2.05) is 0 Å². The van der Waals surface area contributed by atoms with Gasteiger partial charge in [0.15, 0.2) is 11.5 Å². The lowest BCUT2D eigenvalue weighted by Gasteiger charge is -2.21. The molecule has 0 saturated heterocycles. The minimum atomic E-state index is -0.730. The lowest BCUT2D eigenvalue weighted by Crippen LogP contribution is -2.27. The molecule has 3 rings (SSSR count). The van der Waals surface area contributed by atoms with Crippen molar-refractivity contribution in [2.75, 3.05) is 7.05 Å². The Morgan fingerprint density at radius 1 is 1.32 bits per heavy atom. The summed E-state index contributed by atoms with van der Waals surface area (Å²) in [6.45, 7) is 1.72. The van der Waals surface area contributed by atoms with Gasteiger partial charge in [-0.25, -0.2) is 0 Å². The highest BCUT2D eigenvalue weighted by atomic mass is 16.3. The first-order valence-electron chi connectivity index (χ1n) is 6.73. The predicted molar refractivity (Wildman–Crippen MR) is 77.2 cm³/mol. The van der Waals surface area contributed by atoms with E-state index in [1.54, 1.807) is 37.4 Å². The van der Waals surface area contributed by atoms with Crippen molar-refractivity contribution >= 4 is 11.7 Å². The first-order chi connectivity index (χ1) is 10.5. The molecule has 22 heavy (non-hydrogen) atoms. The number of Topliss-reactive ketones (excluding diaryl/α,β-unsaturated/α-hetero) is 1. The number of hydrogen-bond donors (Lipinski definition) is 1. The van der Waals surface area contributed by atoms with E-state index < -0.39 is 23.5 Å². The highest BCUT2D eigenvalue weighted by Crippen LogP contribution is 2.36. The van der Waals surface area contributed by atoms with Crippen LogP contribution in [0.5, 0.6) is 0 Å². The first-order valence-corrected chi connectivity index (χ1v) is 6.73. The van der Waals surface area contributed by atoms with Crippen LogP contribution in [0.25, 0.3) is 0 Å². The molecule has 2 aromatic heterocycles. The largest absolute Gasteiger partial charge is 0.503 e. The standard InChI is InChI=1S/C16H14N2O4/c1-9-6-7-11(22-9)14(19)12-13(10-5-3-4-8-17-10)18(2)16(21)15(12)20/h3-8,13,20H,1-2H3. The SMILES string of the molecule is Cc1ccc(C(=O)C2=C(O)C(=O)N(C)C2c2ccccn2)o1. The van der Waals surface area contributed by atoms with E-state index in [1.165, 1.54) is 18.0 Å². The van der Waals surface area contributed by atoms with Gasteiger partial charge in [0.2, 0.25) is 5.78 Å². The molecule has 1 aliphatic rings. The van der Waals surface area contributed by atoms with Crippen LogP contribution in [-0.4, -0.2) is 33.7 Å². The number of pyridine rings is 1. The molecule has 0 aliphatic carbocycles. The van der Waals surface area contributed by atoms with Gasteiger partial charge in [-0.1, -0.05) is 6.07 Å². The molecule has 0 radical (unpaired) electrons. The number of aliphatic hydroxyl groups excluding tert-OH is 1. The van der Waals surface area contributed by atoms with Crippen molar-refractivity contribution in [1.29, 1.82) is 0 Å². The minimum Gasteiger partial charge on any atom is -0.503 e. The first kappa shape index (κ1) is 14.1. The zero-order chi connectivity index (χ0) is 15.9. The van der Waals surface area contributed by atoms with E-state index in [0.29, 0.717) is 11.5 Å². The molecule has 3 heterocycles. The van der Waals surface area contributed by atoms with Gasteiger partial charge >= 0.3 is 0 Å². The van der Waals surface area contributed by atoms with E-state index in [0.717, 1.165) is 0 Å². The molecule has 6 nitrogen and oxygen atoms in total. The van der Waals surface area contributed by atoms with Crippen LogP contribution in [-0.2, 0) is 4.79 Å². The van der Waals surface area contributed by atoms with Gasteiger partial charge in [0.25, 0.3) is 5.91 Å². The second-order valence-electron chi connectivity index (χ2n) is 5.07. The zero-order valence-electron chi connectivity index (χ0n) is 12.1. The third-order valence-corrected chi connectivity index (χ3v) is 3.62. The van der Waals surface area contributed by atoms with E-state index in [4.69, 9.17) is 4.42 Å². The third-order valence-electron chi connectivity index (χ3n) is 3.62. The molecule has 0 fully saturated rings. The van der Waals surface area contributed by atoms with Gasteiger partial charge in [0.05, 0.1) is 11.3 Å². The number of rotatable bonds is 3. The number of hydrogen-bond acceptors (Lipinski definition) is 5. The molecule has 1 unspecified atom stereocenters. The van der Waals surface area contributed by atoms with Crippen LogP contribution in [0.1, 0.15) is 28.1 Å². The highest BCUT2D eigenvalue weighted by molar-refractivity contribution is 6.14. The Morgan fingerprint density at radius 3 is 2.68 bits per heavy atom. The Labute approximate surface area is 126 Å². The fraction of sp³-hybridized carbons (Fsp3) is 0.188. The van der Waals surface area contributed by atoms with E-state index in [-0.39, 0.29) is 11.3 Å². The number of ketones is 1. The highest BCUT2D eigenvalue weighted by Gasteiger charge is 2.43. The van der Waals surface area contributed by atoms with Crippen molar-refractivity contribution in [3.8, 4) is 0 Å². The van der Waals surface area contributed by atoms with Gasteiger partial charge in [-0.2, -0.15) is 0 Å². The summed E-state index contributed by atoms with van der Waals surface area (Å²) in [4.78, 5) is 30.2. The van der Waals surface area contributed by atoms with Crippen molar-refractivity contribution in [1.82, 2.24) is 9.88 Å². The maximum absolute atomic E-state index is 12.6. The number of carbonyl (C=O) groups excluding carboxylic acids is 2. The molecule has 2 aromatic rings. The lowest BCUT2D eigenvalue weighted by molar-refractivity contribution is -0.128. The quantitative estimate of drug-likeness (QED) is 0.878.